The van der Waals surface area contributed by atoms with Crippen molar-refractivity contribution in [1.29, 1.82) is 0 Å². The first-order valence-electron chi connectivity index (χ1n) is 6.85. The Hall–Kier alpha value is -2.74. The second-order valence-electron chi connectivity index (χ2n) is 5.06. The van der Waals surface area contributed by atoms with Gasteiger partial charge in [-0.05, 0) is 29.1 Å². The van der Waals surface area contributed by atoms with E-state index in [4.69, 9.17) is 0 Å². The molecule has 0 unspecified atom stereocenters. The van der Waals surface area contributed by atoms with Gasteiger partial charge in [0.15, 0.2) is 0 Å². The minimum Gasteiger partial charge on any atom is -0.255 e. The van der Waals surface area contributed by atoms with Crippen LogP contribution < -0.4 is 0 Å². The van der Waals surface area contributed by atoms with Crippen LogP contribution in [0, 0.1) is 5.82 Å². The smallest absolute Gasteiger partial charge is 0.123 e. The average molecular weight is 273 g/mol. The van der Waals surface area contributed by atoms with Crippen LogP contribution in [0.2, 0.25) is 0 Å². The number of rotatable bonds is 1. The fourth-order valence-corrected chi connectivity index (χ4v) is 2.76. The molecule has 100 valence electrons. The topological polar surface area (TPSA) is 12.9 Å². The van der Waals surface area contributed by atoms with Crippen molar-refractivity contribution in [3.63, 3.8) is 0 Å². The lowest BCUT2D eigenvalue weighted by molar-refractivity contribution is 0.630. The molecule has 1 nitrogen and oxygen atoms in total. The molecule has 4 aromatic rings. The molecular formula is C19H12FN. The Labute approximate surface area is 121 Å². The van der Waals surface area contributed by atoms with Crippen LogP contribution in [0.5, 0.6) is 0 Å². The van der Waals surface area contributed by atoms with Gasteiger partial charge in [0.1, 0.15) is 5.82 Å². The molecule has 21 heavy (non-hydrogen) atoms. The van der Waals surface area contributed by atoms with Gasteiger partial charge in [-0.25, -0.2) is 4.39 Å². The summed E-state index contributed by atoms with van der Waals surface area (Å²) in [6.45, 7) is 0. The molecule has 0 bridgehead atoms. The van der Waals surface area contributed by atoms with E-state index in [1.165, 1.54) is 6.07 Å². The summed E-state index contributed by atoms with van der Waals surface area (Å²) in [6, 6.07) is 21.0. The molecule has 0 aliphatic carbocycles. The Bertz CT molecular complexity index is 945. The minimum absolute atomic E-state index is 0.222. The van der Waals surface area contributed by atoms with E-state index in [2.05, 4.69) is 23.2 Å². The van der Waals surface area contributed by atoms with Crippen LogP contribution in [0.1, 0.15) is 0 Å². The number of aromatic nitrogens is 1. The van der Waals surface area contributed by atoms with Crippen LogP contribution in [-0.2, 0) is 0 Å². The molecule has 0 fully saturated rings. The van der Waals surface area contributed by atoms with Crippen molar-refractivity contribution >= 4 is 21.7 Å². The Balaban J connectivity index is 2.11. The third kappa shape index (κ3) is 1.96. The van der Waals surface area contributed by atoms with Crippen molar-refractivity contribution in [3.05, 3.63) is 78.7 Å². The summed E-state index contributed by atoms with van der Waals surface area (Å²) in [6.07, 6.45) is 1.81. The number of benzene rings is 3. The third-order valence-corrected chi connectivity index (χ3v) is 3.76. The fraction of sp³-hybridized carbons (Fsp3) is 0. The highest BCUT2D eigenvalue weighted by molar-refractivity contribution is 6.09. The van der Waals surface area contributed by atoms with E-state index in [1.54, 1.807) is 12.1 Å². The highest BCUT2D eigenvalue weighted by atomic mass is 19.1. The molecule has 0 aliphatic rings. The van der Waals surface area contributed by atoms with Gasteiger partial charge in [0.2, 0.25) is 0 Å². The van der Waals surface area contributed by atoms with Crippen molar-refractivity contribution in [3.8, 4) is 11.1 Å². The Morgan fingerprint density at radius 3 is 2.48 bits per heavy atom. The van der Waals surface area contributed by atoms with Crippen LogP contribution in [-0.4, -0.2) is 4.98 Å². The molecule has 1 heterocycles. The molecule has 2 heteroatoms. The highest BCUT2D eigenvalue weighted by Gasteiger charge is 2.08. The van der Waals surface area contributed by atoms with Gasteiger partial charge in [-0.2, -0.15) is 0 Å². The first-order chi connectivity index (χ1) is 10.3. The van der Waals surface area contributed by atoms with Crippen molar-refractivity contribution in [2.45, 2.75) is 0 Å². The lowest BCUT2D eigenvalue weighted by Crippen LogP contribution is -1.87. The van der Waals surface area contributed by atoms with Crippen LogP contribution >= 0.6 is 0 Å². The number of halogens is 1. The molecule has 0 aliphatic heterocycles. The standard InChI is InChI=1S/C19H12FN/c20-15-10-9-14-12-21-19-16(13-5-2-1-3-6-13)7-4-8-17(19)18(14)11-15/h1-12H. The second kappa shape index (κ2) is 4.67. The van der Waals surface area contributed by atoms with E-state index in [-0.39, 0.29) is 5.82 Å². The fourth-order valence-electron chi connectivity index (χ4n) is 2.76. The molecule has 1 aromatic heterocycles. The Morgan fingerprint density at radius 1 is 0.762 bits per heavy atom. The van der Waals surface area contributed by atoms with Crippen LogP contribution in [0.3, 0.4) is 0 Å². The average Bonchev–Trinajstić information content (AvgIpc) is 2.55. The Kier molecular flexibility index (Phi) is 2.68. The lowest BCUT2D eigenvalue weighted by atomic mass is 9.99. The highest BCUT2D eigenvalue weighted by Crippen LogP contribution is 2.31. The van der Waals surface area contributed by atoms with Crippen molar-refractivity contribution < 1.29 is 4.39 Å². The summed E-state index contributed by atoms with van der Waals surface area (Å²) < 4.78 is 13.6. The SMILES string of the molecule is Fc1ccc2cnc3c(-c4ccccc4)cccc3c2c1. The first kappa shape index (κ1) is 12.0. The van der Waals surface area contributed by atoms with Crippen molar-refractivity contribution in [2.24, 2.45) is 0 Å². The molecule has 0 atom stereocenters. The molecule has 0 spiro atoms. The van der Waals surface area contributed by atoms with Gasteiger partial charge >= 0.3 is 0 Å². The van der Waals surface area contributed by atoms with Gasteiger partial charge in [0.25, 0.3) is 0 Å². The molecule has 0 saturated carbocycles. The molecule has 3 aromatic carbocycles. The molecule has 0 radical (unpaired) electrons. The summed E-state index contributed by atoms with van der Waals surface area (Å²) in [4.78, 5) is 4.59. The molecule has 4 rings (SSSR count). The van der Waals surface area contributed by atoms with Gasteiger partial charge in [-0.1, -0.05) is 48.5 Å². The van der Waals surface area contributed by atoms with Gasteiger partial charge in [-0.3, -0.25) is 4.98 Å². The summed E-state index contributed by atoms with van der Waals surface area (Å²) in [5, 5.41) is 2.83. The maximum atomic E-state index is 13.6. The lowest BCUT2D eigenvalue weighted by Gasteiger charge is -2.08. The van der Waals surface area contributed by atoms with Gasteiger partial charge < -0.3 is 0 Å². The van der Waals surface area contributed by atoms with E-state index in [0.717, 1.165) is 32.8 Å². The maximum Gasteiger partial charge on any atom is 0.123 e. The summed E-state index contributed by atoms with van der Waals surface area (Å²) in [5.41, 5.74) is 3.09. The zero-order valence-electron chi connectivity index (χ0n) is 11.3. The second-order valence-corrected chi connectivity index (χ2v) is 5.06. The number of fused-ring (bicyclic) bond motifs is 3. The molecule has 0 N–H and O–H groups in total. The van der Waals surface area contributed by atoms with Gasteiger partial charge in [0, 0.05) is 22.5 Å². The first-order valence-corrected chi connectivity index (χ1v) is 6.85. The van der Waals surface area contributed by atoms with Crippen LogP contribution in [0.25, 0.3) is 32.8 Å². The van der Waals surface area contributed by atoms with Crippen LogP contribution in [0.15, 0.2) is 72.9 Å². The molecule has 0 saturated heterocycles. The van der Waals surface area contributed by atoms with E-state index in [9.17, 15) is 4.39 Å². The van der Waals surface area contributed by atoms with E-state index in [1.807, 2.05) is 36.5 Å². The number of hydrogen-bond donors (Lipinski definition) is 0. The maximum absolute atomic E-state index is 13.6. The minimum atomic E-state index is -0.222. The molecule has 0 amide bonds. The predicted molar refractivity (Wildman–Crippen MR) is 84.6 cm³/mol. The van der Waals surface area contributed by atoms with Crippen molar-refractivity contribution in [2.75, 3.05) is 0 Å². The van der Waals surface area contributed by atoms with Gasteiger partial charge in [-0.15, -0.1) is 0 Å². The summed E-state index contributed by atoms with van der Waals surface area (Å²) >= 11 is 0. The monoisotopic (exact) mass is 273 g/mol. The van der Waals surface area contributed by atoms with E-state index in [0.29, 0.717) is 0 Å². The zero-order chi connectivity index (χ0) is 14.2. The van der Waals surface area contributed by atoms with Crippen LogP contribution in [0.4, 0.5) is 4.39 Å². The predicted octanol–water partition coefficient (Wildman–Crippen LogP) is 5.19. The Morgan fingerprint density at radius 2 is 1.62 bits per heavy atom. The third-order valence-electron chi connectivity index (χ3n) is 3.76. The molecular weight excluding hydrogens is 261 g/mol. The largest absolute Gasteiger partial charge is 0.255 e. The van der Waals surface area contributed by atoms with E-state index < -0.39 is 0 Å². The number of hydrogen-bond acceptors (Lipinski definition) is 1. The van der Waals surface area contributed by atoms with Gasteiger partial charge in [0.05, 0.1) is 5.52 Å². The summed E-state index contributed by atoms with van der Waals surface area (Å²) in [7, 11) is 0. The van der Waals surface area contributed by atoms with E-state index >= 15 is 0 Å². The number of para-hydroxylation sites is 1. The van der Waals surface area contributed by atoms with Crippen molar-refractivity contribution in [1.82, 2.24) is 4.98 Å². The number of nitrogens with zero attached hydrogens (tertiary/aromatic N) is 1. The normalized spacial score (nSPS) is 11.1. The number of pyridine rings is 1. The zero-order valence-corrected chi connectivity index (χ0v) is 11.3. The summed E-state index contributed by atoms with van der Waals surface area (Å²) in [5.74, 6) is -0.222. The quantitative estimate of drug-likeness (QED) is 0.435.